The maximum absolute atomic E-state index is 10.2. The Bertz CT molecular complexity index is 285. The fourth-order valence-corrected chi connectivity index (χ4v) is 1.76. The van der Waals surface area contributed by atoms with Gasteiger partial charge in [-0.25, -0.2) is 0 Å². The van der Waals surface area contributed by atoms with Gasteiger partial charge in [-0.3, -0.25) is 9.48 Å². The number of hydrogen-bond acceptors (Lipinski definition) is 3. The molecule has 0 aromatic carbocycles. The third-order valence-electron chi connectivity index (χ3n) is 1.48. The summed E-state index contributed by atoms with van der Waals surface area (Å²) in [6.45, 7) is 0. The van der Waals surface area contributed by atoms with E-state index in [1.807, 2.05) is 13.2 Å². The second-order valence-electron chi connectivity index (χ2n) is 2.70. The van der Waals surface area contributed by atoms with E-state index in [-0.39, 0.29) is 6.42 Å². The van der Waals surface area contributed by atoms with Crippen molar-refractivity contribution in [2.45, 2.75) is 17.7 Å². The third kappa shape index (κ3) is 3.98. The van der Waals surface area contributed by atoms with E-state index in [0.717, 1.165) is 10.6 Å². The zero-order valence-electron chi connectivity index (χ0n) is 7.43. The van der Waals surface area contributed by atoms with Gasteiger partial charge >= 0.3 is 5.97 Å². The fraction of sp³-hybridized carbons (Fsp3) is 0.500. The molecule has 0 fully saturated rings. The molecule has 0 unspecified atom stereocenters. The molecule has 1 heterocycles. The summed E-state index contributed by atoms with van der Waals surface area (Å²) >= 11 is 1.64. The number of aromatic nitrogens is 2. The molecule has 0 aliphatic heterocycles. The highest BCUT2D eigenvalue weighted by Crippen LogP contribution is 2.17. The van der Waals surface area contributed by atoms with Crippen LogP contribution in [-0.4, -0.2) is 26.6 Å². The van der Waals surface area contributed by atoms with Gasteiger partial charge in [-0.15, -0.1) is 11.8 Å². The van der Waals surface area contributed by atoms with Gasteiger partial charge in [-0.05, 0) is 12.2 Å². The van der Waals surface area contributed by atoms with Crippen molar-refractivity contribution in [1.82, 2.24) is 9.78 Å². The van der Waals surface area contributed by atoms with Crippen LogP contribution in [0.1, 0.15) is 12.8 Å². The van der Waals surface area contributed by atoms with E-state index in [1.165, 1.54) is 0 Å². The van der Waals surface area contributed by atoms with E-state index in [2.05, 4.69) is 5.10 Å². The Morgan fingerprint density at radius 1 is 1.77 bits per heavy atom. The third-order valence-corrected chi connectivity index (χ3v) is 2.52. The number of thioether (sulfide) groups is 1. The Balaban J connectivity index is 2.16. The first-order valence-electron chi connectivity index (χ1n) is 4.02. The van der Waals surface area contributed by atoms with Crippen molar-refractivity contribution in [1.29, 1.82) is 0 Å². The lowest BCUT2D eigenvalue weighted by Crippen LogP contribution is -1.94. The predicted molar refractivity (Wildman–Crippen MR) is 50.8 cm³/mol. The lowest BCUT2D eigenvalue weighted by atomic mass is 10.3. The number of rotatable bonds is 5. The van der Waals surface area contributed by atoms with E-state index in [0.29, 0.717) is 6.42 Å². The average Bonchev–Trinajstić information content (AvgIpc) is 2.45. The molecule has 0 amide bonds. The number of aryl methyl sites for hydroxylation is 1. The minimum Gasteiger partial charge on any atom is -0.481 e. The molecule has 0 atom stereocenters. The Morgan fingerprint density at radius 3 is 3.08 bits per heavy atom. The van der Waals surface area contributed by atoms with Crippen LogP contribution in [0.25, 0.3) is 0 Å². The van der Waals surface area contributed by atoms with Crippen LogP contribution in [-0.2, 0) is 11.8 Å². The van der Waals surface area contributed by atoms with Crippen LogP contribution in [0.4, 0.5) is 0 Å². The van der Waals surface area contributed by atoms with Gasteiger partial charge in [0.25, 0.3) is 0 Å². The van der Waals surface area contributed by atoms with Crippen molar-refractivity contribution in [3.05, 3.63) is 12.4 Å². The summed E-state index contributed by atoms with van der Waals surface area (Å²) in [5, 5.41) is 12.4. The van der Waals surface area contributed by atoms with Crippen molar-refractivity contribution in [2.24, 2.45) is 7.05 Å². The van der Waals surface area contributed by atoms with Crippen LogP contribution in [0, 0.1) is 0 Å². The molecular weight excluding hydrogens is 188 g/mol. The first-order valence-corrected chi connectivity index (χ1v) is 5.00. The van der Waals surface area contributed by atoms with Crippen LogP contribution in [0.2, 0.25) is 0 Å². The summed E-state index contributed by atoms with van der Waals surface area (Å²) in [7, 11) is 1.86. The number of carboxylic acid groups (broad SMARTS) is 1. The van der Waals surface area contributed by atoms with Crippen LogP contribution < -0.4 is 0 Å². The first-order chi connectivity index (χ1) is 6.18. The Hall–Kier alpha value is -0.970. The van der Waals surface area contributed by atoms with E-state index in [4.69, 9.17) is 5.11 Å². The second kappa shape index (κ2) is 4.91. The molecule has 1 rings (SSSR count). The molecule has 1 aromatic heterocycles. The molecule has 1 aromatic rings. The Kier molecular flexibility index (Phi) is 3.82. The molecule has 0 aliphatic rings. The summed E-state index contributed by atoms with van der Waals surface area (Å²) in [6, 6.07) is 0. The van der Waals surface area contributed by atoms with Gasteiger partial charge < -0.3 is 5.11 Å². The number of nitrogens with zero attached hydrogens (tertiary/aromatic N) is 2. The normalized spacial score (nSPS) is 10.2. The van der Waals surface area contributed by atoms with Crippen molar-refractivity contribution < 1.29 is 9.90 Å². The summed E-state index contributed by atoms with van der Waals surface area (Å²) in [5.41, 5.74) is 0. The molecule has 0 bridgehead atoms. The standard InChI is InChI=1S/C8H12N2O2S/c1-10-6-7(5-9-10)13-4-2-3-8(11)12/h5-6H,2-4H2,1H3,(H,11,12). The summed E-state index contributed by atoms with van der Waals surface area (Å²) in [6.07, 6.45) is 4.65. The molecule has 72 valence electrons. The largest absolute Gasteiger partial charge is 0.481 e. The molecule has 0 saturated carbocycles. The van der Waals surface area contributed by atoms with Crippen LogP contribution >= 0.6 is 11.8 Å². The molecule has 5 heteroatoms. The lowest BCUT2D eigenvalue weighted by Gasteiger charge is -1.94. The maximum Gasteiger partial charge on any atom is 0.303 e. The highest BCUT2D eigenvalue weighted by molar-refractivity contribution is 7.99. The van der Waals surface area contributed by atoms with E-state index in [9.17, 15) is 4.79 Å². The lowest BCUT2D eigenvalue weighted by molar-refractivity contribution is -0.137. The molecule has 1 N–H and O–H groups in total. The molecule has 0 radical (unpaired) electrons. The molecular formula is C8H12N2O2S. The summed E-state index contributed by atoms with van der Waals surface area (Å²) in [4.78, 5) is 11.3. The monoisotopic (exact) mass is 200 g/mol. The fourth-order valence-electron chi connectivity index (χ4n) is 0.887. The number of aliphatic carboxylic acids is 1. The quantitative estimate of drug-likeness (QED) is 0.576. The molecule has 13 heavy (non-hydrogen) atoms. The smallest absolute Gasteiger partial charge is 0.303 e. The van der Waals surface area contributed by atoms with Crippen molar-refractivity contribution in [2.75, 3.05) is 5.75 Å². The number of hydrogen-bond donors (Lipinski definition) is 1. The van der Waals surface area contributed by atoms with Crippen LogP contribution in [0.5, 0.6) is 0 Å². The summed E-state index contributed by atoms with van der Waals surface area (Å²) in [5.74, 6) is 0.102. The second-order valence-corrected chi connectivity index (χ2v) is 3.86. The van der Waals surface area contributed by atoms with Crippen molar-refractivity contribution >= 4 is 17.7 Å². The van der Waals surface area contributed by atoms with Crippen molar-refractivity contribution in [3.63, 3.8) is 0 Å². The highest BCUT2D eigenvalue weighted by atomic mass is 32.2. The molecule has 0 saturated heterocycles. The first kappa shape index (κ1) is 10.1. The topological polar surface area (TPSA) is 55.1 Å². The number of carbonyl (C=O) groups is 1. The van der Waals surface area contributed by atoms with Crippen LogP contribution in [0.15, 0.2) is 17.3 Å². The molecule has 0 spiro atoms. The Morgan fingerprint density at radius 2 is 2.54 bits per heavy atom. The van der Waals surface area contributed by atoms with E-state index < -0.39 is 5.97 Å². The number of carboxylic acids is 1. The highest BCUT2D eigenvalue weighted by Gasteiger charge is 1.99. The minimum absolute atomic E-state index is 0.243. The van der Waals surface area contributed by atoms with Gasteiger partial charge in [0, 0.05) is 24.6 Å². The van der Waals surface area contributed by atoms with E-state index >= 15 is 0 Å². The van der Waals surface area contributed by atoms with Gasteiger partial charge in [0.05, 0.1) is 6.20 Å². The Labute approximate surface area is 80.9 Å². The van der Waals surface area contributed by atoms with Gasteiger partial charge in [0.2, 0.25) is 0 Å². The average molecular weight is 200 g/mol. The molecule has 0 aliphatic carbocycles. The minimum atomic E-state index is -0.730. The van der Waals surface area contributed by atoms with Gasteiger partial charge in [0.15, 0.2) is 0 Å². The SMILES string of the molecule is Cn1cc(SCCCC(=O)O)cn1. The van der Waals surface area contributed by atoms with Gasteiger partial charge in [0.1, 0.15) is 0 Å². The van der Waals surface area contributed by atoms with E-state index in [1.54, 1.807) is 22.6 Å². The summed E-state index contributed by atoms with van der Waals surface area (Å²) < 4.78 is 1.74. The van der Waals surface area contributed by atoms with Gasteiger partial charge in [-0.2, -0.15) is 5.10 Å². The van der Waals surface area contributed by atoms with Gasteiger partial charge in [-0.1, -0.05) is 0 Å². The predicted octanol–water partition coefficient (Wildman–Crippen LogP) is 1.38. The molecule has 4 nitrogen and oxygen atoms in total. The zero-order valence-corrected chi connectivity index (χ0v) is 8.25. The zero-order chi connectivity index (χ0) is 9.68. The maximum atomic E-state index is 10.2. The van der Waals surface area contributed by atoms with Crippen molar-refractivity contribution in [3.8, 4) is 0 Å². The van der Waals surface area contributed by atoms with Crippen LogP contribution in [0.3, 0.4) is 0 Å².